The Hall–Kier alpha value is -4.87. The Balaban J connectivity index is 1.70. The van der Waals surface area contributed by atoms with Gasteiger partial charge < -0.3 is 35.2 Å². The van der Waals surface area contributed by atoms with E-state index in [-0.39, 0.29) is 18.9 Å². The van der Waals surface area contributed by atoms with Crippen LogP contribution in [0, 0.1) is 5.92 Å². The van der Waals surface area contributed by atoms with E-state index in [1.165, 1.54) is 30.2 Å². The molecule has 0 radical (unpaired) electrons. The van der Waals surface area contributed by atoms with Crippen molar-refractivity contribution in [2.24, 2.45) is 5.92 Å². The fourth-order valence-corrected chi connectivity index (χ4v) is 5.41. The molecule has 12 nitrogen and oxygen atoms in total. The van der Waals surface area contributed by atoms with Crippen LogP contribution in [0.4, 0.5) is 0 Å². The molecule has 0 aromatic heterocycles. The average Bonchev–Trinajstić information content (AvgIpc) is 3.45. The van der Waals surface area contributed by atoms with Crippen molar-refractivity contribution in [3.8, 4) is 11.5 Å². The monoisotopic (exact) mass is 619 g/mol. The summed E-state index contributed by atoms with van der Waals surface area (Å²) in [5, 5.41) is 8.40. The maximum atomic E-state index is 14.1. The lowest BCUT2D eigenvalue weighted by Crippen LogP contribution is -2.60. The highest BCUT2D eigenvalue weighted by Crippen LogP contribution is 2.30. The third-order valence-corrected chi connectivity index (χ3v) is 8.17. The molecule has 12 heteroatoms. The maximum absolute atomic E-state index is 14.1. The molecule has 5 amide bonds. The van der Waals surface area contributed by atoms with Crippen molar-refractivity contribution >= 4 is 36.1 Å². The Kier molecular flexibility index (Phi) is 10.8. The molecular weight excluding hydrogens is 578 g/mol. The Bertz CT molecular complexity index is 1430. The highest BCUT2D eigenvalue weighted by Gasteiger charge is 2.46. The summed E-state index contributed by atoms with van der Waals surface area (Å²) in [5.41, 5.74) is 1.48. The summed E-state index contributed by atoms with van der Waals surface area (Å²) in [6, 6.07) is 10.6. The van der Waals surface area contributed by atoms with Gasteiger partial charge in [0.05, 0.1) is 7.11 Å². The number of likely N-dealkylation sites (N-methyl/N-ethyl adjacent to an activating group) is 1. The zero-order valence-corrected chi connectivity index (χ0v) is 26.2. The van der Waals surface area contributed by atoms with Crippen LogP contribution < -0.4 is 25.4 Å². The molecule has 2 aromatic rings. The molecule has 1 fully saturated rings. The lowest BCUT2D eigenvalue weighted by molar-refractivity contribution is -0.145. The minimum absolute atomic E-state index is 0.183. The van der Waals surface area contributed by atoms with Gasteiger partial charge in [-0.25, -0.2) is 0 Å². The van der Waals surface area contributed by atoms with E-state index < -0.39 is 53.9 Å². The molecular formula is C33H41N5O7. The van der Waals surface area contributed by atoms with Crippen molar-refractivity contribution in [3.63, 3.8) is 0 Å². The van der Waals surface area contributed by atoms with Crippen molar-refractivity contribution in [1.82, 2.24) is 25.8 Å². The van der Waals surface area contributed by atoms with Crippen LogP contribution in [0.1, 0.15) is 38.3 Å². The average molecular weight is 620 g/mol. The van der Waals surface area contributed by atoms with Crippen LogP contribution >= 0.6 is 0 Å². The van der Waals surface area contributed by atoms with Gasteiger partial charge in [0.15, 0.2) is 0 Å². The van der Waals surface area contributed by atoms with E-state index in [1.807, 2.05) is 30.3 Å². The first-order valence-corrected chi connectivity index (χ1v) is 15.0. The van der Waals surface area contributed by atoms with Crippen molar-refractivity contribution in [2.75, 3.05) is 20.7 Å². The molecule has 1 saturated heterocycles. The summed E-state index contributed by atoms with van der Waals surface area (Å²) in [7, 11) is 3.02. The van der Waals surface area contributed by atoms with Crippen molar-refractivity contribution < 1.29 is 33.4 Å². The van der Waals surface area contributed by atoms with Crippen molar-refractivity contribution in [2.45, 2.75) is 63.9 Å². The van der Waals surface area contributed by atoms with Gasteiger partial charge in [0, 0.05) is 38.2 Å². The first kappa shape index (κ1) is 33.0. The zero-order chi connectivity index (χ0) is 32.7. The molecule has 2 heterocycles. The second kappa shape index (κ2) is 14.7. The van der Waals surface area contributed by atoms with Crippen LogP contribution in [0.2, 0.25) is 0 Å². The van der Waals surface area contributed by atoms with Gasteiger partial charge in [-0.1, -0.05) is 44.2 Å². The summed E-state index contributed by atoms with van der Waals surface area (Å²) in [6.45, 7) is 5.32. The molecule has 3 N–H and O–H groups in total. The first-order valence-electron chi connectivity index (χ1n) is 15.0. The number of carbonyl (C=O) groups is 5. The van der Waals surface area contributed by atoms with Crippen LogP contribution in [-0.4, -0.2) is 90.8 Å². The fraction of sp³-hybridized carbons (Fsp3) is 0.424. The molecule has 2 bridgehead atoms. The quantitative estimate of drug-likeness (QED) is 0.361. The van der Waals surface area contributed by atoms with E-state index in [4.69, 9.17) is 9.47 Å². The van der Waals surface area contributed by atoms with Gasteiger partial charge in [-0.05, 0) is 42.7 Å². The van der Waals surface area contributed by atoms with E-state index >= 15 is 0 Å². The summed E-state index contributed by atoms with van der Waals surface area (Å²) >= 11 is 0. The van der Waals surface area contributed by atoms with Crippen LogP contribution in [0.3, 0.4) is 0 Å². The molecule has 4 rings (SSSR count). The molecule has 2 aromatic carbocycles. The van der Waals surface area contributed by atoms with Gasteiger partial charge in [0.2, 0.25) is 30.0 Å². The predicted molar refractivity (Wildman–Crippen MR) is 167 cm³/mol. The molecule has 0 aliphatic carbocycles. The summed E-state index contributed by atoms with van der Waals surface area (Å²) in [6.07, 6.45) is 3.51. The van der Waals surface area contributed by atoms with E-state index in [1.54, 1.807) is 45.0 Å². The minimum atomic E-state index is -1.10. The number of likely N-dealkylation sites (tertiary alicyclic amines) is 1. The second-order valence-electron chi connectivity index (χ2n) is 11.6. The van der Waals surface area contributed by atoms with Gasteiger partial charge in [0.25, 0.3) is 0 Å². The molecule has 0 unspecified atom stereocenters. The van der Waals surface area contributed by atoms with Crippen LogP contribution in [0.15, 0.2) is 54.7 Å². The number of fused-ring (bicyclic) bond motifs is 3. The van der Waals surface area contributed by atoms with Crippen LogP contribution in [-0.2, 0) is 30.4 Å². The predicted octanol–water partition coefficient (Wildman–Crippen LogP) is 1.49. The van der Waals surface area contributed by atoms with Gasteiger partial charge in [-0.15, -0.1) is 0 Å². The van der Waals surface area contributed by atoms with Crippen molar-refractivity contribution in [1.29, 1.82) is 0 Å². The third kappa shape index (κ3) is 7.81. The molecule has 2 aliphatic rings. The Labute approximate surface area is 263 Å². The second-order valence-corrected chi connectivity index (χ2v) is 11.6. The topological polar surface area (TPSA) is 146 Å². The van der Waals surface area contributed by atoms with Gasteiger partial charge >= 0.3 is 0 Å². The van der Waals surface area contributed by atoms with Crippen LogP contribution in [0.25, 0.3) is 6.08 Å². The molecule has 2 aliphatic heterocycles. The Morgan fingerprint density at radius 1 is 1.13 bits per heavy atom. The Morgan fingerprint density at radius 3 is 2.53 bits per heavy atom. The molecule has 5 atom stereocenters. The maximum Gasteiger partial charge on any atom is 0.247 e. The standard InChI is InChI=1S/C33H41N5O7/c1-20(2)28(36-30(40)21(3)37(4)19-39)33(43)38-16-14-27-29(38)32(42)35-25(17-22-9-7-6-8-10-22)31(41)34-15-13-23-18-24(45-27)11-12-26(23)44-5/h6-13,15,18-21,25,27-29H,14,16-17H2,1-5H3,(H,34,41)(H,35,42)(H,36,40)/t21-,25-,27+,28-,29-/m0/s1. The molecule has 0 spiro atoms. The van der Waals surface area contributed by atoms with E-state index in [0.717, 1.165) is 5.56 Å². The highest BCUT2D eigenvalue weighted by atomic mass is 16.5. The summed E-state index contributed by atoms with van der Waals surface area (Å²) in [4.78, 5) is 68.4. The lowest BCUT2D eigenvalue weighted by Gasteiger charge is -2.33. The zero-order valence-electron chi connectivity index (χ0n) is 26.2. The highest BCUT2D eigenvalue weighted by molar-refractivity contribution is 5.96. The summed E-state index contributed by atoms with van der Waals surface area (Å²) < 4.78 is 11.8. The number of carbonyl (C=O) groups excluding carboxylic acids is 5. The number of nitrogens with one attached hydrogen (secondary N) is 3. The van der Waals surface area contributed by atoms with Gasteiger partial charge in [-0.3, -0.25) is 24.0 Å². The molecule has 0 saturated carbocycles. The van der Waals surface area contributed by atoms with Gasteiger partial charge in [-0.2, -0.15) is 0 Å². The lowest BCUT2D eigenvalue weighted by atomic mass is 10.0. The minimum Gasteiger partial charge on any atom is -0.496 e. The number of nitrogens with zero attached hydrogens (tertiary/aromatic N) is 2. The number of hydrogen-bond acceptors (Lipinski definition) is 7. The van der Waals surface area contributed by atoms with Crippen LogP contribution in [0.5, 0.6) is 11.5 Å². The van der Waals surface area contributed by atoms with Crippen molar-refractivity contribution in [3.05, 3.63) is 65.9 Å². The molecule has 240 valence electrons. The van der Waals surface area contributed by atoms with E-state index in [9.17, 15) is 24.0 Å². The first-order chi connectivity index (χ1) is 21.5. The number of ether oxygens (including phenoxy) is 2. The third-order valence-electron chi connectivity index (χ3n) is 8.17. The van der Waals surface area contributed by atoms with E-state index in [2.05, 4.69) is 16.0 Å². The Morgan fingerprint density at radius 2 is 1.87 bits per heavy atom. The van der Waals surface area contributed by atoms with E-state index in [0.29, 0.717) is 29.9 Å². The smallest absolute Gasteiger partial charge is 0.247 e. The largest absolute Gasteiger partial charge is 0.496 e. The number of rotatable bonds is 9. The fourth-order valence-electron chi connectivity index (χ4n) is 5.41. The molecule has 45 heavy (non-hydrogen) atoms. The number of amides is 5. The number of methoxy groups -OCH3 is 1. The SMILES string of the molecule is COc1ccc2cc1C=CNC(=O)[C@H](Cc1ccccc1)NC(=O)[C@@H]1[C@@H](CCN1C(=O)[C@@H](NC(=O)[C@H](C)N(C)C=O)C(C)C)O2. The normalized spacial score (nSPS) is 21.0. The van der Waals surface area contributed by atoms with Gasteiger partial charge in [0.1, 0.15) is 41.8 Å². The summed E-state index contributed by atoms with van der Waals surface area (Å²) in [5.74, 6) is -1.27. The number of benzene rings is 2. The number of hydrogen-bond donors (Lipinski definition) is 3.